The number of furan rings is 1. The molecule has 0 spiro atoms. The summed E-state index contributed by atoms with van der Waals surface area (Å²) in [4.78, 5) is 4.12. The fraction of sp³-hybridized carbons (Fsp3) is 0.125. The van der Waals surface area contributed by atoms with Gasteiger partial charge in [0, 0.05) is 6.20 Å². The summed E-state index contributed by atoms with van der Waals surface area (Å²) in [5.41, 5.74) is 0. The zero-order valence-corrected chi connectivity index (χ0v) is 6.95. The molecule has 0 bridgehead atoms. The minimum absolute atomic E-state index is 0.0891. The number of hydrogen-bond acceptors (Lipinski definition) is 3. The predicted octanol–water partition coefficient (Wildman–Crippen LogP) is 2.03. The lowest BCUT2D eigenvalue weighted by Crippen LogP contribution is -2.15. The first-order valence-corrected chi connectivity index (χ1v) is 3.94. The van der Waals surface area contributed by atoms with E-state index < -0.39 is 0 Å². The Bertz CT molecular complexity index is 316. The van der Waals surface area contributed by atoms with Gasteiger partial charge in [0.25, 0.3) is 0 Å². The highest BCUT2D eigenvalue weighted by Gasteiger charge is 2.12. The van der Waals surface area contributed by atoms with Crippen molar-refractivity contribution < 1.29 is 4.42 Å². The molecule has 1 N–H and O–H groups in total. The van der Waals surface area contributed by atoms with Crippen LogP contribution in [-0.2, 0) is 0 Å². The molecule has 0 aromatic carbocycles. The lowest BCUT2D eigenvalue weighted by Gasteiger charge is -2.10. The molecule has 1 aliphatic heterocycles. The standard InChI is InChI=1S/C8H7ClN2O/c9-8-10-4-3-6(11-8)7-2-1-5-12-7/h1-6H,(H,10,11). The van der Waals surface area contributed by atoms with E-state index in [1.54, 1.807) is 12.5 Å². The molecule has 0 aliphatic carbocycles. The van der Waals surface area contributed by atoms with Crippen molar-refractivity contribution in [3.8, 4) is 0 Å². The highest BCUT2D eigenvalue weighted by molar-refractivity contribution is 6.64. The van der Waals surface area contributed by atoms with Gasteiger partial charge >= 0.3 is 0 Å². The molecule has 12 heavy (non-hydrogen) atoms. The molecule has 1 aromatic rings. The molecule has 0 fully saturated rings. The van der Waals surface area contributed by atoms with Crippen LogP contribution in [-0.4, -0.2) is 5.29 Å². The first kappa shape index (κ1) is 7.43. The Morgan fingerprint density at radius 1 is 1.58 bits per heavy atom. The van der Waals surface area contributed by atoms with Gasteiger partial charge in [-0.15, -0.1) is 0 Å². The average Bonchev–Trinajstić information content (AvgIpc) is 2.56. The van der Waals surface area contributed by atoms with E-state index in [4.69, 9.17) is 16.0 Å². The maximum atomic E-state index is 5.67. The van der Waals surface area contributed by atoms with Crippen LogP contribution in [0.1, 0.15) is 11.8 Å². The third-order valence-corrected chi connectivity index (χ3v) is 1.77. The lowest BCUT2D eigenvalue weighted by atomic mass is 10.2. The van der Waals surface area contributed by atoms with Crippen LogP contribution in [0.25, 0.3) is 0 Å². The molecule has 2 rings (SSSR count). The second kappa shape index (κ2) is 3.03. The first-order chi connectivity index (χ1) is 5.86. The van der Waals surface area contributed by atoms with Crippen LogP contribution in [0.4, 0.5) is 0 Å². The molecule has 1 aliphatic rings. The molecule has 62 valence electrons. The van der Waals surface area contributed by atoms with Crippen LogP contribution in [0.15, 0.2) is 40.1 Å². The quantitative estimate of drug-likeness (QED) is 0.675. The number of amidine groups is 1. The molecule has 4 heteroatoms. The molecular formula is C8H7ClN2O. The maximum Gasteiger partial charge on any atom is 0.196 e. The number of rotatable bonds is 1. The van der Waals surface area contributed by atoms with Crippen LogP contribution >= 0.6 is 11.6 Å². The average molecular weight is 183 g/mol. The summed E-state index contributed by atoms with van der Waals surface area (Å²) in [5, 5.41) is 3.15. The van der Waals surface area contributed by atoms with E-state index in [1.807, 2.05) is 18.2 Å². The highest BCUT2D eigenvalue weighted by Crippen LogP contribution is 2.21. The Hall–Kier alpha value is -1.22. The lowest BCUT2D eigenvalue weighted by molar-refractivity contribution is 0.493. The number of hydrogen-bond donors (Lipinski definition) is 1. The van der Waals surface area contributed by atoms with Gasteiger partial charge in [-0.25, -0.2) is 4.99 Å². The Labute approximate surface area is 74.7 Å². The van der Waals surface area contributed by atoms with E-state index >= 15 is 0 Å². The fourth-order valence-corrected chi connectivity index (χ4v) is 1.20. The first-order valence-electron chi connectivity index (χ1n) is 3.56. The van der Waals surface area contributed by atoms with E-state index in [1.165, 1.54) is 0 Å². The van der Waals surface area contributed by atoms with Crippen molar-refractivity contribution in [3.63, 3.8) is 0 Å². The molecule has 0 amide bonds. The predicted molar refractivity (Wildman–Crippen MR) is 47.0 cm³/mol. The van der Waals surface area contributed by atoms with Crippen molar-refractivity contribution >= 4 is 16.9 Å². The normalized spacial score (nSPS) is 21.8. The highest BCUT2D eigenvalue weighted by atomic mass is 35.5. The second-order valence-electron chi connectivity index (χ2n) is 2.38. The monoisotopic (exact) mass is 182 g/mol. The van der Waals surface area contributed by atoms with E-state index in [0.717, 1.165) is 5.76 Å². The topological polar surface area (TPSA) is 37.5 Å². The van der Waals surface area contributed by atoms with E-state index in [2.05, 4.69) is 10.3 Å². The minimum atomic E-state index is -0.0891. The number of nitrogens with one attached hydrogen (secondary N) is 1. The third kappa shape index (κ3) is 1.36. The third-order valence-electron chi connectivity index (χ3n) is 1.57. The van der Waals surface area contributed by atoms with Gasteiger partial charge in [0.2, 0.25) is 0 Å². The van der Waals surface area contributed by atoms with Crippen molar-refractivity contribution in [1.29, 1.82) is 0 Å². The Kier molecular flexibility index (Phi) is 1.87. The van der Waals surface area contributed by atoms with Gasteiger partial charge in [0.05, 0.1) is 6.26 Å². The van der Waals surface area contributed by atoms with Gasteiger partial charge in [-0.05, 0) is 29.8 Å². The van der Waals surface area contributed by atoms with Crippen LogP contribution in [0, 0.1) is 0 Å². The number of halogens is 1. The van der Waals surface area contributed by atoms with Crippen molar-refractivity contribution in [2.75, 3.05) is 0 Å². The summed E-state index contributed by atoms with van der Waals surface area (Å²) in [6.07, 6.45) is 5.25. The molecule has 0 saturated heterocycles. The SMILES string of the molecule is ClC1=NC(c2ccco2)C=CN1. The van der Waals surface area contributed by atoms with E-state index in [9.17, 15) is 0 Å². The molecule has 3 nitrogen and oxygen atoms in total. The smallest absolute Gasteiger partial charge is 0.196 e. The zero-order valence-electron chi connectivity index (χ0n) is 6.20. The summed E-state index contributed by atoms with van der Waals surface area (Å²) in [6.45, 7) is 0. The fourth-order valence-electron chi connectivity index (χ4n) is 1.03. The Morgan fingerprint density at radius 2 is 2.50 bits per heavy atom. The van der Waals surface area contributed by atoms with Crippen LogP contribution in [0.3, 0.4) is 0 Å². The largest absolute Gasteiger partial charge is 0.467 e. The zero-order chi connectivity index (χ0) is 8.39. The molecule has 2 heterocycles. The van der Waals surface area contributed by atoms with Gasteiger partial charge in [-0.3, -0.25) is 0 Å². The Balaban J connectivity index is 2.25. The second-order valence-corrected chi connectivity index (χ2v) is 2.74. The van der Waals surface area contributed by atoms with Gasteiger partial charge in [-0.1, -0.05) is 0 Å². The molecular weight excluding hydrogens is 176 g/mol. The van der Waals surface area contributed by atoms with Gasteiger partial charge < -0.3 is 9.73 Å². The molecule has 0 saturated carbocycles. The van der Waals surface area contributed by atoms with Gasteiger partial charge in [0.1, 0.15) is 11.8 Å². The van der Waals surface area contributed by atoms with Crippen molar-refractivity contribution in [2.24, 2.45) is 4.99 Å². The summed E-state index contributed by atoms with van der Waals surface area (Å²) in [6, 6.07) is 3.61. The van der Waals surface area contributed by atoms with E-state index in [0.29, 0.717) is 5.29 Å². The summed E-state index contributed by atoms with van der Waals surface area (Å²) in [5.74, 6) is 0.797. The molecule has 1 aromatic heterocycles. The van der Waals surface area contributed by atoms with Crippen LogP contribution in [0.5, 0.6) is 0 Å². The number of aliphatic imine (C=N–C) groups is 1. The molecule has 0 radical (unpaired) electrons. The summed E-state index contributed by atoms with van der Waals surface area (Å²) < 4.78 is 5.18. The minimum Gasteiger partial charge on any atom is -0.467 e. The van der Waals surface area contributed by atoms with Crippen molar-refractivity contribution in [3.05, 3.63) is 36.4 Å². The van der Waals surface area contributed by atoms with Crippen LogP contribution in [0.2, 0.25) is 0 Å². The Morgan fingerprint density at radius 3 is 3.17 bits per heavy atom. The van der Waals surface area contributed by atoms with E-state index in [-0.39, 0.29) is 6.04 Å². The summed E-state index contributed by atoms with van der Waals surface area (Å²) in [7, 11) is 0. The van der Waals surface area contributed by atoms with Gasteiger partial charge in [0.15, 0.2) is 5.29 Å². The molecule has 1 unspecified atom stereocenters. The van der Waals surface area contributed by atoms with Crippen molar-refractivity contribution in [1.82, 2.24) is 5.32 Å². The van der Waals surface area contributed by atoms with Crippen LogP contribution < -0.4 is 5.32 Å². The maximum absolute atomic E-state index is 5.67. The van der Waals surface area contributed by atoms with Gasteiger partial charge in [-0.2, -0.15) is 0 Å². The number of nitrogens with zero attached hydrogens (tertiary/aromatic N) is 1. The summed E-state index contributed by atoms with van der Waals surface area (Å²) >= 11 is 5.67. The molecule has 1 atom stereocenters. The van der Waals surface area contributed by atoms with Crippen molar-refractivity contribution in [2.45, 2.75) is 6.04 Å².